The monoisotopic (exact) mass is 252 g/mol. The minimum absolute atomic E-state index is 0.00101. The summed E-state index contributed by atoms with van der Waals surface area (Å²) in [5, 5.41) is 10.6. The molecule has 1 atom stereocenters. The maximum absolute atomic E-state index is 10.6. The smallest absolute Gasteiger partial charge is 0.0596 e. The van der Waals surface area contributed by atoms with Gasteiger partial charge in [-0.2, -0.15) is 0 Å². The molecule has 2 fully saturated rings. The van der Waals surface area contributed by atoms with Gasteiger partial charge in [-0.05, 0) is 61.7 Å². The molecule has 0 aromatic carbocycles. The van der Waals surface area contributed by atoms with Crippen LogP contribution in [0, 0.1) is 23.2 Å². The molecule has 1 nitrogen and oxygen atoms in total. The summed E-state index contributed by atoms with van der Waals surface area (Å²) >= 11 is 0. The molecule has 0 radical (unpaired) electrons. The van der Waals surface area contributed by atoms with Crippen molar-refractivity contribution >= 4 is 0 Å². The van der Waals surface area contributed by atoms with Gasteiger partial charge in [0.05, 0.1) is 6.10 Å². The summed E-state index contributed by atoms with van der Waals surface area (Å²) in [6.07, 6.45) is 11.7. The van der Waals surface area contributed by atoms with Gasteiger partial charge < -0.3 is 5.11 Å². The molecule has 0 saturated heterocycles. The topological polar surface area (TPSA) is 20.2 Å². The van der Waals surface area contributed by atoms with E-state index in [0.717, 1.165) is 5.92 Å². The van der Waals surface area contributed by atoms with E-state index in [1.54, 1.807) is 0 Å². The Morgan fingerprint density at radius 1 is 0.944 bits per heavy atom. The first-order valence-corrected chi connectivity index (χ1v) is 8.20. The van der Waals surface area contributed by atoms with Crippen LogP contribution in [0.1, 0.15) is 78.6 Å². The van der Waals surface area contributed by atoms with Crippen molar-refractivity contribution in [2.24, 2.45) is 23.2 Å². The predicted octanol–water partition coefficient (Wildman–Crippen LogP) is 4.78. The van der Waals surface area contributed by atoms with Crippen LogP contribution in [-0.4, -0.2) is 11.2 Å². The van der Waals surface area contributed by atoms with Crippen molar-refractivity contribution in [1.29, 1.82) is 0 Å². The average molecular weight is 252 g/mol. The van der Waals surface area contributed by atoms with E-state index in [9.17, 15) is 5.11 Å². The van der Waals surface area contributed by atoms with E-state index in [1.165, 1.54) is 57.8 Å². The van der Waals surface area contributed by atoms with Crippen LogP contribution >= 0.6 is 0 Å². The Kier molecular flexibility index (Phi) is 4.75. The van der Waals surface area contributed by atoms with Gasteiger partial charge in [0.1, 0.15) is 0 Å². The zero-order chi connectivity index (χ0) is 13.2. The largest absolute Gasteiger partial charge is 0.393 e. The lowest BCUT2D eigenvalue weighted by Crippen LogP contribution is -2.35. The third kappa shape index (κ3) is 3.50. The minimum atomic E-state index is -0.00101. The van der Waals surface area contributed by atoms with Crippen LogP contribution in [0.3, 0.4) is 0 Å². The molecule has 0 aromatic rings. The number of hydrogen-bond donors (Lipinski definition) is 1. The van der Waals surface area contributed by atoms with Gasteiger partial charge in [0.15, 0.2) is 0 Å². The van der Waals surface area contributed by atoms with E-state index >= 15 is 0 Å². The van der Waals surface area contributed by atoms with E-state index in [2.05, 4.69) is 20.8 Å². The number of rotatable bonds is 3. The number of aliphatic hydroxyl groups is 1. The Labute approximate surface area is 113 Å². The van der Waals surface area contributed by atoms with Crippen molar-refractivity contribution in [2.75, 3.05) is 0 Å². The molecule has 1 N–H and O–H groups in total. The predicted molar refractivity (Wildman–Crippen MR) is 77.5 cm³/mol. The molecule has 2 saturated carbocycles. The SMILES string of the molecule is CCC1CCC(C(O)C2CCC(C)(C)CC2)CC1. The lowest BCUT2D eigenvalue weighted by atomic mass is 9.67. The molecule has 0 heterocycles. The normalized spacial score (nSPS) is 35.3. The van der Waals surface area contributed by atoms with Crippen LogP contribution in [0.2, 0.25) is 0 Å². The highest BCUT2D eigenvalue weighted by Crippen LogP contribution is 2.43. The lowest BCUT2D eigenvalue weighted by Gasteiger charge is -2.40. The van der Waals surface area contributed by atoms with E-state index in [-0.39, 0.29) is 6.10 Å². The second-order valence-electron chi connectivity index (χ2n) is 7.68. The lowest BCUT2D eigenvalue weighted by molar-refractivity contribution is -0.00199. The minimum Gasteiger partial charge on any atom is -0.393 e. The third-order valence-corrected chi connectivity index (χ3v) is 5.82. The summed E-state index contributed by atoms with van der Waals surface area (Å²) in [5.74, 6) is 2.15. The van der Waals surface area contributed by atoms with Gasteiger partial charge in [-0.25, -0.2) is 0 Å². The van der Waals surface area contributed by atoms with Crippen molar-refractivity contribution in [3.05, 3.63) is 0 Å². The van der Waals surface area contributed by atoms with Crippen LogP contribution in [0.4, 0.5) is 0 Å². The Morgan fingerprint density at radius 3 is 1.94 bits per heavy atom. The van der Waals surface area contributed by atoms with Gasteiger partial charge in [0.2, 0.25) is 0 Å². The first-order chi connectivity index (χ1) is 8.52. The average Bonchev–Trinajstić information content (AvgIpc) is 2.38. The van der Waals surface area contributed by atoms with Crippen molar-refractivity contribution in [1.82, 2.24) is 0 Å². The second kappa shape index (κ2) is 5.94. The molecule has 2 rings (SSSR count). The molecule has 2 aliphatic carbocycles. The highest BCUT2D eigenvalue weighted by molar-refractivity contribution is 4.86. The van der Waals surface area contributed by atoms with Crippen molar-refractivity contribution in [3.63, 3.8) is 0 Å². The maximum atomic E-state index is 10.6. The molecule has 1 heteroatoms. The Hall–Kier alpha value is -0.0400. The van der Waals surface area contributed by atoms with Crippen LogP contribution in [0.25, 0.3) is 0 Å². The number of hydrogen-bond acceptors (Lipinski definition) is 1. The zero-order valence-electron chi connectivity index (χ0n) is 12.6. The van der Waals surface area contributed by atoms with Crippen LogP contribution < -0.4 is 0 Å². The second-order valence-corrected chi connectivity index (χ2v) is 7.68. The van der Waals surface area contributed by atoms with Crippen molar-refractivity contribution in [3.8, 4) is 0 Å². The third-order valence-electron chi connectivity index (χ3n) is 5.82. The van der Waals surface area contributed by atoms with Gasteiger partial charge in [-0.1, -0.05) is 40.0 Å². The summed E-state index contributed by atoms with van der Waals surface area (Å²) in [6.45, 7) is 7.06. The Balaban J connectivity index is 1.80. The van der Waals surface area contributed by atoms with Crippen molar-refractivity contribution in [2.45, 2.75) is 84.7 Å². The molecule has 1 unspecified atom stereocenters. The molecule has 0 amide bonds. The molecule has 2 aliphatic rings. The van der Waals surface area contributed by atoms with E-state index in [4.69, 9.17) is 0 Å². The molecule has 18 heavy (non-hydrogen) atoms. The van der Waals surface area contributed by atoms with Gasteiger partial charge in [0.25, 0.3) is 0 Å². The maximum Gasteiger partial charge on any atom is 0.0596 e. The first kappa shape index (κ1) is 14.4. The van der Waals surface area contributed by atoms with Gasteiger partial charge in [-0.3, -0.25) is 0 Å². The Morgan fingerprint density at radius 2 is 1.44 bits per heavy atom. The van der Waals surface area contributed by atoms with Crippen LogP contribution in [0.15, 0.2) is 0 Å². The fourth-order valence-corrected chi connectivity index (χ4v) is 4.09. The van der Waals surface area contributed by atoms with Gasteiger partial charge in [0, 0.05) is 0 Å². The van der Waals surface area contributed by atoms with Crippen LogP contribution in [0.5, 0.6) is 0 Å². The van der Waals surface area contributed by atoms with E-state index in [0.29, 0.717) is 17.3 Å². The van der Waals surface area contributed by atoms with Crippen LogP contribution in [-0.2, 0) is 0 Å². The summed E-state index contributed by atoms with van der Waals surface area (Å²) < 4.78 is 0. The quantitative estimate of drug-likeness (QED) is 0.766. The highest BCUT2D eigenvalue weighted by Gasteiger charge is 2.35. The summed E-state index contributed by atoms with van der Waals surface area (Å²) in [4.78, 5) is 0. The summed E-state index contributed by atoms with van der Waals surface area (Å²) in [7, 11) is 0. The summed E-state index contributed by atoms with van der Waals surface area (Å²) in [5.41, 5.74) is 0.524. The molecule has 0 spiro atoms. The van der Waals surface area contributed by atoms with Gasteiger partial charge >= 0.3 is 0 Å². The fourth-order valence-electron chi connectivity index (χ4n) is 4.09. The van der Waals surface area contributed by atoms with Gasteiger partial charge in [-0.15, -0.1) is 0 Å². The highest BCUT2D eigenvalue weighted by atomic mass is 16.3. The summed E-state index contributed by atoms with van der Waals surface area (Å²) in [6, 6.07) is 0. The Bertz CT molecular complexity index is 240. The molecule has 0 aromatic heterocycles. The van der Waals surface area contributed by atoms with E-state index in [1.807, 2.05) is 0 Å². The molecule has 106 valence electrons. The first-order valence-electron chi connectivity index (χ1n) is 8.20. The molecular formula is C17H32O. The zero-order valence-corrected chi connectivity index (χ0v) is 12.6. The fraction of sp³-hybridized carbons (Fsp3) is 1.00. The molecular weight excluding hydrogens is 220 g/mol. The molecule has 0 bridgehead atoms. The van der Waals surface area contributed by atoms with E-state index < -0.39 is 0 Å². The van der Waals surface area contributed by atoms with Crippen molar-refractivity contribution < 1.29 is 5.11 Å². The standard InChI is InChI=1S/C17H32O/c1-4-13-5-7-14(8-6-13)16(18)15-9-11-17(2,3)12-10-15/h13-16,18H,4-12H2,1-3H3. The molecule has 0 aliphatic heterocycles. The number of aliphatic hydroxyl groups excluding tert-OH is 1.